The van der Waals surface area contributed by atoms with Gasteiger partial charge in [0.2, 0.25) is 10.0 Å². The van der Waals surface area contributed by atoms with Crippen LogP contribution in [0.1, 0.15) is 11.1 Å². The molecule has 5 nitrogen and oxygen atoms in total. The lowest BCUT2D eigenvalue weighted by molar-refractivity contribution is 0.204. The van der Waals surface area contributed by atoms with E-state index in [-0.39, 0.29) is 11.4 Å². The molecule has 1 aromatic rings. The second-order valence-corrected chi connectivity index (χ2v) is 5.64. The number of benzene rings is 1. The topological polar surface area (TPSA) is 64.6 Å². The van der Waals surface area contributed by atoms with Gasteiger partial charge in [-0.15, -0.1) is 0 Å². The maximum atomic E-state index is 12.1. The Hall–Kier alpha value is -1.11. The third kappa shape index (κ3) is 3.22. The number of rotatable bonds is 6. The van der Waals surface area contributed by atoms with Crippen molar-refractivity contribution >= 4 is 10.0 Å². The van der Waals surface area contributed by atoms with E-state index in [1.54, 1.807) is 26.2 Å². The molecule has 18 heavy (non-hydrogen) atoms. The van der Waals surface area contributed by atoms with Crippen molar-refractivity contribution in [2.45, 2.75) is 18.7 Å². The first kappa shape index (κ1) is 14.9. The number of hydrogen-bond acceptors (Lipinski definition) is 4. The highest BCUT2D eigenvalue weighted by Crippen LogP contribution is 2.26. The summed E-state index contributed by atoms with van der Waals surface area (Å²) in [6.45, 7) is 4.20. The summed E-state index contributed by atoms with van der Waals surface area (Å²) in [5, 5.41) is 0. The molecule has 0 radical (unpaired) electrons. The molecular weight excluding hydrogens is 254 g/mol. The van der Waals surface area contributed by atoms with Crippen LogP contribution in [-0.4, -0.2) is 35.8 Å². The molecule has 1 N–H and O–H groups in total. The molecule has 0 saturated carbocycles. The van der Waals surface area contributed by atoms with Gasteiger partial charge in [0.25, 0.3) is 0 Å². The second kappa shape index (κ2) is 6.17. The van der Waals surface area contributed by atoms with Crippen LogP contribution in [0.3, 0.4) is 0 Å². The van der Waals surface area contributed by atoms with Crippen molar-refractivity contribution in [3.05, 3.63) is 23.3 Å². The monoisotopic (exact) mass is 273 g/mol. The molecule has 0 heterocycles. The van der Waals surface area contributed by atoms with Crippen molar-refractivity contribution in [3.8, 4) is 5.75 Å². The van der Waals surface area contributed by atoms with Crippen LogP contribution in [0, 0.1) is 13.8 Å². The zero-order valence-corrected chi connectivity index (χ0v) is 11.9. The van der Waals surface area contributed by atoms with Crippen LogP contribution >= 0.6 is 0 Å². The van der Waals surface area contributed by atoms with Gasteiger partial charge in [0.05, 0.1) is 18.6 Å². The summed E-state index contributed by atoms with van der Waals surface area (Å²) in [5.41, 5.74) is 1.52. The van der Waals surface area contributed by atoms with Crippen LogP contribution in [0.4, 0.5) is 0 Å². The van der Waals surface area contributed by atoms with Gasteiger partial charge in [0.1, 0.15) is 5.75 Å². The minimum atomic E-state index is -3.50. The summed E-state index contributed by atoms with van der Waals surface area (Å²) in [6, 6.07) is 3.21. The molecule has 0 unspecified atom stereocenters. The molecule has 0 amide bonds. The molecule has 0 saturated heterocycles. The zero-order chi connectivity index (χ0) is 13.8. The van der Waals surface area contributed by atoms with Crippen molar-refractivity contribution in [2.24, 2.45) is 0 Å². The van der Waals surface area contributed by atoms with E-state index in [0.717, 1.165) is 5.56 Å². The van der Waals surface area contributed by atoms with Crippen LogP contribution in [0.2, 0.25) is 0 Å². The van der Waals surface area contributed by atoms with Gasteiger partial charge in [-0.05, 0) is 37.1 Å². The van der Waals surface area contributed by atoms with Crippen molar-refractivity contribution < 1.29 is 17.9 Å². The highest BCUT2D eigenvalue weighted by Gasteiger charge is 2.18. The van der Waals surface area contributed by atoms with E-state index >= 15 is 0 Å². The lowest BCUT2D eigenvalue weighted by atomic mass is 10.1. The Morgan fingerprint density at radius 1 is 1.17 bits per heavy atom. The summed E-state index contributed by atoms with van der Waals surface area (Å²) in [5.74, 6) is 0.684. The Labute approximate surface area is 108 Å². The van der Waals surface area contributed by atoms with Crippen LogP contribution < -0.4 is 9.46 Å². The lowest BCUT2D eigenvalue weighted by Crippen LogP contribution is -2.27. The molecule has 0 fully saturated rings. The molecule has 0 aliphatic rings. The van der Waals surface area contributed by atoms with Crippen LogP contribution in [0.5, 0.6) is 5.75 Å². The lowest BCUT2D eigenvalue weighted by Gasteiger charge is -2.13. The first-order chi connectivity index (χ1) is 8.44. The van der Waals surface area contributed by atoms with Gasteiger partial charge < -0.3 is 9.47 Å². The van der Waals surface area contributed by atoms with Crippen molar-refractivity contribution in [3.63, 3.8) is 0 Å². The van der Waals surface area contributed by atoms with Gasteiger partial charge in [-0.1, -0.05) is 0 Å². The molecule has 0 bridgehead atoms. The van der Waals surface area contributed by atoms with E-state index in [9.17, 15) is 8.42 Å². The largest absolute Gasteiger partial charge is 0.496 e. The third-order valence-electron chi connectivity index (χ3n) is 2.80. The summed E-state index contributed by atoms with van der Waals surface area (Å²) in [7, 11) is -0.409. The fourth-order valence-electron chi connectivity index (χ4n) is 1.64. The minimum absolute atomic E-state index is 0.253. The number of sulfonamides is 1. The third-order valence-corrected chi connectivity index (χ3v) is 4.40. The van der Waals surface area contributed by atoms with E-state index in [1.165, 1.54) is 7.11 Å². The zero-order valence-electron chi connectivity index (χ0n) is 11.1. The average molecular weight is 273 g/mol. The van der Waals surface area contributed by atoms with Gasteiger partial charge in [0, 0.05) is 13.7 Å². The molecule has 0 atom stereocenters. The normalized spacial score (nSPS) is 11.6. The average Bonchev–Trinajstić information content (AvgIpc) is 2.32. The molecule has 0 aliphatic carbocycles. The first-order valence-corrected chi connectivity index (χ1v) is 7.05. The number of hydrogen-bond donors (Lipinski definition) is 1. The predicted molar refractivity (Wildman–Crippen MR) is 69.5 cm³/mol. The van der Waals surface area contributed by atoms with Gasteiger partial charge in [-0.2, -0.15) is 0 Å². The van der Waals surface area contributed by atoms with Gasteiger partial charge in [0.15, 0.2) is 0 Å². The number of ether oxygens (including phenoxy) is 2. The quantitative estimate of drug-likeness (QED) is 0.792. The summed E-state index contributed by atoms with van der Waals surface area (Å²) < 4.78 is 36.6. The fraction of sp³-hybridized carbons (Fsp3) is 0.500. The molecule has 6 heteroatoms. The van der Waals surface area contributed by atoms with Gasteiger partial charge in [-0.25, -0.2) is 13.1 Å². The highest BCUT2D eigenvalue weighted by molar-refractivity contribution is 7.89. The SMILES string of the molecule is COCCNS(=O)(=O)c1ccc(OC)c(C)c1C. The molecule has 1 aromatic carbocycles. The molecule has 0 aromatic heterocycles. The fourth-order valence-corrected chi connectivity index (χ4v) is 2.95. The van der Waals surface area contributed by atoms with Gasteiger partial charge >= 0.3 is 0 Å². The smallest absolute Gasteiger partial charge is 0.240 e. The Balaban J connectivity index is 3.06. The summed E-state index contributed by atoms with van der Waals surface area (Å²) in [4.78, 5) is 0.275. The first-order valence-electron chi connectivity index (χ1n) is 5.57. The van der Waals surface area contributed by atoms with E-state index in [1.807, 2.05) is 6.92 Å². The Morgan fingerprint density at radius 3 is 2.39 bits per heavy atom. The Morgan fingerprint density at radius 2 is 1.83 bits per heavy atom. The maximum Gasteiger partial charge on any atom is 0.240 e. The van der Waals surface area contributed by atoms with Crippen molar-refractivity contribution in [2.75, 3.05) is 27.4 Å². The van der Waals surface area contributed by atoms with E-state index < -0.39 is 10.0 Å². The summed E-state index contributed by atoms with van der Waals surface area (Å²) >= 11 is 0. The molecule has 0 spiro atoms. The van der Waals surface area contributed by atoms with E-state index in [0.29, 0.717) is 17.9 Å². The second-order valence-electron chi connectivity index (χ2n) is 3.91. The van der Waals surface area contributed by atoms with Crippen molar-refractivity contribution in [1.82, 2.24) is 4.72 Å². The standard InChI is InChI=1S/C12H19NO4S/c1-9-10(2)12(6-5-11(9)17-4)18(14,15)13-7-8-16-3/h5-6,13H,7-8H2,1-4H3. The van der Waals surface area contributed by atoms with Crippen molar-refractivity contribution in [1.29, 1.82) is 0 Å². The van der Waals surface area contributed by atoms with E-state index in [2.05, 4.69) is 4.72 Å². The number of nitrogens with one attached hydrogen (secondary N) is 1. The predicted octanol–water partition coefficient (Wildman–Crippen LogP) is 1.24. The molecule has 1 rings (SSSR count). The highest BCUT2D eigenvalue weighted by atomic mass is 32.2. The minimum Gasteiger partial charge on any atom is -0.496 e. The van der Waals surface area contributed by atoms with E-state index in [4.69, 9.17) is 9.47 Å². The molecule has 0 aliphatic heterocycles. The van der Waals surface area contributed by atoms with Crippen LogP contribution in [0.25, 0.3) is 0 Å². The maximum absolute atomic E-state index is 12.1. The number of methoxy groups -OCH3 is 2. The van der Waals surface area contributed by atoms with Crippen LogP contribution in [0.15, 0.2) is 17.0 Å². The molecule has 102 valence electrons. The Kier molecular flexibility index (Phi) is 5.13. The Bertz CT molecular complexity index is 511. The molecular formula is C12H19NO4S. The van der Waals surface area contributed by atoms with Gasteiger partial charge in [-0.3, -0.25) is 0 Å². The summed E-state index contributed by atoms with van der Waals surface area (Å²) in [6.07, 6.45) is 0. The van der Waals surface area contributed by atoms with Crippen LogP contribution in [-0.2, 0) is 14.8 Å².